The summed E-state index contributed by atoms with van der Waals surface area (Å²) in [6, 6.07) is 61.3. The molecule has 1 atom stereocenters. The summed E-state index contributed by atoms with van der Waals surface area (Å²) in [5.41, 5.74) is 15.9. The Bertz CT molecular complexity index is 4100. The Morgan fingerprint density at radius 1 is 0.616 bits per heavy atom. The van der Waals surface area contributed by atoms with Crippen LogP contribution in [0.25, 0.3) is 111 Å². The second-order valence-corrected chi connectivity index (χ2v) is 19.1. The molecule has 0 saturated heterocycles. The van der Waals surface area contributed by atoms with Crippen molar-refractivity contribution in [3.63, 3.8) is 0 Å². The molecule has 0 radical (unpaired) electrons. The number of hydrogen-bond acceptors (Lipinski definition) is 4. The van der Waals surface area contributed by atoms with Gasteiger partial charge in [0.15, 0.2) is 0 Å². The van der Waals surface area contributed by atoms with E-state index in [0.717, 1.165) is 72.4 Å². The van der Waals surface area contributed by atoms with Gasteiger partial charge >= 0.3 is 0 Å². The van der Waals surface area contributed by atoms with Gasteiger partial charge < -0.3 is 18.9 Å². The van der Waals surface area contributed by atoms with Gasteiger partial charge in [0.25, 0.3) is 0 Å². The van der Waals surface area contributed by atoms with Gasteiger partial charge in [-0.25, -0.2) is 0 Å². The Kier molecular flexibility index (Phi) is 12.5. The van der Waals surface area contributed by atoms with Crippen LogP contribution in [-0.4, -0.2) is 21.7 Å². The number of aromatic nitrogens is 2. The van der Waals surface area contributed by atoms with Crippen molar-refractivity contribution in [2.75, 3.05) is 0 Å². The van der Waals surface area contributed by atoms with Crippen molar-refractivity contribution in [2.45, 2.75) is 26.9 Å². The fourth-order valence-electron chi connectivity index (χ4n) is 10.5. The predicted octanol–water partition coefficient (Wildman–Crippen LogP) is 18.2. The van der Waals surface area contributed by atoms with Gasteiger partial charge in [0.1, 0.15) is 23.2 Å². The second kappa shape index (κ2) is 19.6. The van der Waals surface area contributed by atoms with Crippen LogP contribution in [0.5, 0.6) is 0 Å². The number of amidine groups is 1. The van der Waals surface area contributed by atoms with Crippen LogP contribution in [0.15, 0.2) is 211 Å². The SMILES string of the molecule is C=Cc1c(C=C)c(/C=C\C)n(-c2cccc(C)c2)c1/C=C\C.C=NC(NC(=N)c1cccc2oc3ccc(-c4cccc5sc6cccc(-n7c8ccccc8c8ccccc87)c6c45)cc3c12)c1ccccc1. The van der Waals surface area contributed by atoms with E-state index in [1.54, 1.807) is 0 Å². The molecule has 0 aliphatic rings. The van der Waals surface area contributed by atoms with E-state index in [1.807, 2.05) is 85.9 Å². The molecule has 12 aromatic rings. The highest BCUT2D eigenvalue weighted by Gasteiger charge is 2.22. The first-order chi connectivity index (χ1) is 35.8. The van der Waals surface area contributed by atoms with Gasteiger partial charge in [0.2, 0.25) is 0 Å². The van der Waals surface area contributed by atoms with E-state index in [-0.39, 0.29) is 5.84 Å². The molecule has 0 spiro atoms. The smallest absolute Gasteiger partial charge is 0.145 e. The van der Waals surface area contributed by atoms with E-state index in [0.29, 0.717) is 0 Å². The summed E-state index contributed by atoms with van der Waals surface area (Å²) in [5.74, 6) is 0.261. The molecule has 2 N–H and O–H groups in total. The number of furan rings is 1. The molecule has 73 heavy (non-hydrogen) atoms. The first-order valence-corrected chi connectivity index (χ1v) is 25.3. The highest BCUT2D eigenvalue weighted by atomic mass is 32.1. The highest BCUT2D eigenvalue weighted by molar-refractivity contribution is 7.26. The summed E-state index contributed by atoms with van der Waals surface area (Å²) >= 11 is 1.83. The minimum absolute atomic E-state index is 0.261. The zero-order chi connectivity index (χ0) is 50.2. The van der Waals surface area contributed by atoms with Crippen LogP contribution in [-0.2, 0) is 0 Å². The number of allylic oxidation sites excluding steroid dienone is 2. The number of nitrogens with one attached hydrogen (secondary N) is 2. The maximum absolute atomic E-state index is 9.17. The van der Waals surface area contributed by atoms with Gasteiger partial charge in [0, 0.05) is 64.1 Å². The summed E-state index contributed by atoms with van der Waals surface area (Å²) in [6.45, 7) is 17.9. The normalized spacial score (nSPS) is 12.1. The molecule has 0 aliphatic heterocycles. The molecule has 6 nitrogen and oxygen atoms in total. The lowest BCUT2D eigenvalue weighted by molar-refractivity contribution is 0.668. The molecule has 1 unspecified atom stereocenters. The molecule has 0 fully saturated rings. The van der Waals surface area contributed by atoms with Crippen LogP contribution < -0.4 is 5.32 Å². The zero-order valence-corrected chi connectivity index (χ0v) is 41.9. The minimum atomic E-state index is -0.448. The van der Waals surface area contributed by atoms with Crippen molar-refractivity contribution in [3.05, 3.63) is 240 Å². The van der Waals surface area contributed by atoms with Crippen LogP contribution in [0.3, 0.4) is 0 Å². The summed E-state index contributed by atoms with van der Waals surface area (Å²) in [5, 5.41) is 19.3. The molecule has 0 amide bonds. The number of fused-ring (bicyclic) bond motifs is 9. The van der Waals surface area contributed by atoms with Crippen molar-refractivity contribution in [1.82, 2.24) is 14.5 Å². The quantitative estimate of drug-likeness (QED) is 0.100. The average Bonchev–Trinajstić information content (AvgIpc) is 4.18. The molecule has 8 aromatic carbocycles. The number of aryl methyl sites for hydroxylation is 1. The summed E-state index contributed by atoms with van der Waals surface area (Å²) in [6.07, 6.45) is 11.7. The first-order valence-electron chi connectivity index (χ1n) is 24.5. The van der Waals surface area contributed by atoms with Gasteiger partial charge in [-0.1, -0.05) is 153 Å². The Balaban J connectivity index is 0.000000220. The van der Waals surface area contributed by atoms with E-state index in [4.69, 9.17) is 9.83 Å². The van der Waals surface area contributed by atoms with Gasteiger partial charge in [-0.3, -0.25) is 10.4 Å². The molecular formula is C66H53N5OS. The maximum Gasteiger partial charge on any atom is 0.145 e. The van der Waals surface area contributed by atoms with Crippen LogP contribution >= 0.6 is 11.3 Å². The van der Waals surface area contributed by atoms with E-state index >= 15 is 0 Å². The Labute approximate surface area is 429 Å². The lowest BCUT2D eigenvalue weighted by Gasteiger charge is -2.17. The summed E-state index contributed by atoms with van der Waals surface area (Å²) < 4.78 is 13.6. The fraction of sp³-hybridized carbons (Fsp3) is 0.0606. The van der Waals surface area contributed by atoms with Gasteiger partial charge in [-0.2, -0.15) is 0 Å². The average molecular weight is 964 g/mol. The third kappa shape index (κ3) is 8.10. The lowest BCUT2D eigenvalue weighted by Crippen LogP contribution is -2.27. The first kappa shape index (κ1) is 46.3. The van der Waals surface area contributed by atoms with Crippen LogP contribution in [0.4, 0.5) is 0 Å². The summed E-state index contributed by atoms with van der Waals surface area (Å²) in [4.78, 5) is 4.29. The van der Waals surface area contributed by atoms with E-state index in [2.05, 4.69) is 198 Å². The lowest BCUT2D eigenvalue weighted by atomic mass is 9.96. The highest BCUT2D eigenvalue weighted by Crippen LogP contribution is 2.45. The van der Waals surface area contributed by atoms with Crippen molar-refractivity contribution in [2.24, 2.45) is 4.99 Å². The molecule has 0 saturated carbocycles. The Hall–Kier alpha value is -9.04. The third-order valence-electron chi connectivity index (χ3n) is 13.6. The molecule has 7 heteroatoms. The topological polar surface area (TPSA) is 71.2 Å². The number of thiophene rings is 1. The third-order valence-corrected chi connectivity index (χ3v) is 14.7. The second-order valence-electron chi connectivity index (χ2n) is 18.0. The van der Waals surface area contributed by atoms with Crippen LogP contribution in [0.2, 0.25) is 0 Å². The standard InChI is InChI=1S/C45H30N4OS.C21H23N/c1-47-45(27-12-3-2-4-13-27)48-44(46)32-17-9-21-38-41(32)33-26-28(24-25-37(33)50-38)29-16-10-22-39-42(29)43-36(20-11-23-40(43)51-39)49-34-18-7-5-14-30(34)31-15-6-8-19-35(31)49;1-6-11-20-18(8-3)19(9-4)21(12-7-2)22(20)17-14-10-13-16(5)15-17/h2-26,45H,1H2,(H2,46,48);6-15H,3-4H2,1-2,5H3/b;11-6-,12-7-. The van der Waals surface area contributed by atoms with Crippen molar-refractivity contribution in [1.29, 1.82) is 5.41 Å². The van der Waals surface area contributed by atoms with Crippen molar-refractivity contribution < 1.29 is 4.42 Å². The molecule has 4 heterocycles. The molecule has 4 aromatic heterocycles. The Morgan fingerprint density at radius 2 is 1.25 bits per heavy atom. The van der Waals surface area contributed by atoms with E-state index in [9.17, 15) is 0 Å². The number of hydrogen-bond donors (Lipinski definition) is 2. The number of aliphatic imine (C=N–C) groups is 1. The Morgan fingerprint density at radius 3 is 1.90 bits per heavy atom. The van der Waals surface area contributed by atoms with Crippen molar-refractivity contribution in [3.8, 4) is 22.5 Å². The minimum Gasteiger partial charge on any atom is -0.456 e. The van der Waals surface area contributed by atoms with Crippen LogP contribution in [0, 0.1) is 12.3 Å². The van der Waals surface area contributed by atoms with Gasteiger partial charge in [-0.15, -0.1) is 11.3 Å². The maximum atomic E-state index is 9.17. The molecule has 354 valence electrons. The zero-order valence-electron chi connectivity index (χ0n) is 41.1. The number of para-hydroxylation sites is 2. The number of benzene rings is 8. The molecular weight excluding hydrogens is 911 g/mol. The molecule has 12 rings (SSSR count). The number of rotatable bonds is 11. The van der Waals surface area contributed by atoms with E-state index < -0.39 is 6.17 Å². The van der Waals surface area contributed by atoms with Crippen LogP contribution in [0.1, 0.15) is 59.2 Å². The number of nitrogens with zero attached hydrogens (tertiary/aromatic N) is 3. The van der Waals surface area contributed by atoms with Gasteiger partial charge in [-0.05, 0) is 123 Å². The predicted molar refractivity (Wildman–Crippen MR) is 315 cm³/mol. The largest absolute Gasteiger partial charge is 0.456 e. The fourth-order valence-corrected chi connectivity index (χ4v) is 11.7. The molecule has 0 bridgehead atoms. The summed E-state index contributed by atoms with van der Waals surface area (Å²) in [7, 11) is 0. The van der Waals surface area contributed by atoms with E-state index in [1.165, 1.54) is 53.2 Å². The van der Waals surface area contributed by atoms with Gasteiger partial charge in [0.05, 0.1) is 28.1 Å². The monoisotopic (exact) mass is 963 g/mol. The molecule has 0 aliphatic carbocycles. The van der Waals surface area contributed by atoms with Crippen molar-refractivity contribution >= 4 is 112 Å².